The normalized spacial score (nSPS) is 17.0. The fourth-order valence-electron chi connectivity index (χ4n) is 5.40. The predicted molar refractivity (Wildman–Crippen MR) is 158 cm³/mol. The lowest BCUT2D eigenvalue weighted by molar-refractivity contribution is 0.291. The van der Waals surface area contributed by atoms with Crippen LogP contribution < -0.4 is 15.9 Å². The van der Waals surface area contributed by atoms with Crippen LogP contribution in [0.25, 0.3) is 0 Å². The van der Waals surface area contributed by atoms with Gasteiger partial charge in [0.15, 0.2) is 0 Å². The molecule has 3 heteroatoms. The highest BCUT2D eigenvalue weighted by atomic mass is 31.1. The van der Waals surface area contributed by atoms with E-state index >= 15 is 0 Å². The van der Waals surface area contributed by atoms with Gasteiger partial charge in [-0.15, -0.1) is 0 Å². The number of aryl methyl sites for hydroxylation is 4. The third kappa shape index (κ3) is 5.13. The highest BCUT2D eigenvalue weighted by Gasteiger charge is 2.25. The minimum absolute atomic E-state index is 0.254. The lowest BCUT2D eigenvalue weighted by atomic mass is 9.93. The Bertz CT molecular complexity index is 1370. The molecule has 0 amide bonds. The van der Waals surface area contributed by atoms with E-state index in [0.717, 1.165) is 31.6 Å². The molecule has 0 saturated carbocycles. The quantitative estimate of drug-likeness (QED) is 0.300. The molecule has 4 aromatic carbocycles. The second kappa shape index (κ2) is 10.6. The molecule has 186 valence electrons. The summed E-state index contributed by atoms with van der Waals surface area (Å²) in [5.74, 6) is 1.34. The lowest BCUT2D eigenvalue weighted by Crippen LogP contribution is -2.24. The first-order valence-electron chi connectivity index (χ1n) is 13.5. The van der Waals surface area contributed by atoms with Crippen LogP contribution in [0.2, 0.25) is 0 Å². The summed E-state index contributed by atoms with van der Waals surface area (Å²) in [6.45, 7) is 5.15. The van der Waals surface area contributed by atoms with Gasteiger partial charge in [0.25, 0.3) is 0 Å². The Hall–Kier alpha value is -3.22. The van der Waals surface area contributed by atoms with E-state index in [-0.39, 0.29) is 6.04 Å². The maximum absolute atomic E-state index is 6.16. The number of benzene rings is 4. The van der Waals surface area contributed by atoms with Gasteiger partial charge in [-0.2, -0.15) is 0 Å². The standard InChI is InChI=1S/C34H34NOP/c1-24(2)32-23-36-34(35-32)31-21-25-13-14-26-16-18-28(20-19-27(31)17-15-25)33(22-26)37(29-9-5-3-6-10-29)30-11-7-4-8-12-30/h3-12,15-18,21-22,24,32H,13-14,19-20,23H2,1-2H3/t32-/m0/s1. The second-order valence-corrected chi connectivity index (χ2v) is 12.7. The molecule has 4 aromatic rings. The van der Waals surface area contributed by atoms with Gasteiger partial charge in [-0.05, 0) is 83.8 Å². The molecule has 2 nitrogen and oxygen atoms in total. The molecule has 9 rings (SSSR count). The van der Waals surface area contributed by atoms with Gasteiger partial charge >= 0.3 is 0 Å². The minimum atomic E-state index is -0.634. The van der Waals surface area contributed by atoms with Crippen molar-refractivity contribution in [3.63, 3.8) is 0 Å². The summed E-state index contributed by atoms with van der Waals surface area (Å²) in [7, 11) is -0.634. The van der Waals surface area contributed by atoms with Crippen molar-refractivity contribution in [2.75, 3.05) is 6.61 Å². The van der Waals surface area contributed by atoms with E-state index in [9.17, 15) is 0 Å². The van der Waals surface area contributed by atoms with Crippen molar-refractivity contribution in [2.24, 2.45) is 10.9 Å². The number of nitrogens with zero attached hydrogens (tertiary/aromatic N) is 1. The number of rotatable bonds is 5. The zero-order chi connectivity index (χ0) is 25.2. The van der Waals surface area contributed by atoms with Crippen LogP contribution in [0, 0.1) is 5.92 Å². The summed E-state index contributed by atoms with van der Waals surface area (Å²) in [6.07, 6.45) is 4.02. The van der Waals surface area contributed by atoms with E-state index in [2.05, 4.69) is 111 Å². The minimum Gasteiger partial charge on any atom is -0.475 e. The van der Waals surface area contributed by atoms with Crippen molar-refractivity contribution in [1.82, 2.24) is 0 Å². The van der Waals surface area contributed by atoms with Crippen LogP contribution in [0.4, 0.5) is 0 Å². The molecule has 0 fully saturated rings. The number of ether oxygens (including phenoxy) is 1. The van der Waals surface area contributed by atoms with E-state index in [1.54, 1.807) is 0 Å². The van der Waals surface area contributed by atoms with Crippen LogP contribution in [-0.2, 0) is 30.4 Å². The van der Waals surface area contributed by atoms with Crippen LogP contribution in [0.3, 0.4) is 0 Å². The molecule has 0 unspecified atom stereocenters. The van der Waals surface area contributed by atoms with Crippen molar-refractivity contribution in [1.29, 1.82) is 0 Å². The predicted octanol–water partition coefficient (Wildman–Crippen LogP) is 6.13. The van der Waals surface area contributed by atoms with Gasteiger partial charge in [0, 0.05) is 5.56 Å². The monoisotopic (exact) mass is 503 g/mol. The summed E-state index contributed by atoms with van der Waals surface area (Å²) in [5.41, 5.74) is 6.76. The van der Waals surface area contributed by atoms with E-state index in [1.807, 2.05) is 0 Å². The first-order valence-corrected chi connectivity index (χ1v) is 14.8. The average molecular weight is 504 g/mol. The molecule has 0 aromatic heterocycles. The topological polar surface area (TPSA) is 21.6 Å². The Kier molecular flexibility index (Phi) is 6.94. The summed E-state index contributed by atoms with van der Waals surface area (Å²) in [6, 6.07) is 36.6. The van der Waals surface area contributed by atoms with Gasteiger partial charge < -0.3 is 4.74 Å². The Balaban J connectivity index is 1.42. The fraction of sp³-hybridized carbons (Fsp3) is 0.265. The fourth-order valence-corrected chi connectivity index (χ4v) is 7.96. The smallest absolute Gasteiger partial charge is 0.216 e. The van der Waals surface area contributed by atoms with E-state index in [0.29, 0.717) is 12.5 Å². The maximum atomic E-state index is 6.16. The Labute approximate surface area is 222 Å². The third-order valence-electron chi connectivity index (χ3n) is 7.63. The summed E-state index contributed by atoms with van der Waals surface area (Å²) in [4.78, 5) is 4.99. The van der Waals surface area contributed by atoms with Gasteiger partial charge in [-0.1, -0.05) is 105 Å². The Morgan fingerprint density at radius 1 is 0.703 bits per heavy atom. The zero-order valence-electron chi connectivity index (χ0n) is 21.7. The third-order valence-corrected chi connectivity index (χ3v) is 10.2. The van der Waals surface area contributed by atoms with Crippen LogP contribution in [0.5, 0.6) is 0 Å². The van der Waals surface area contributed by atoms with Crippen molar-refractivity contribution in [3.8, 4) is 0 Å². The van der Waals surface area contributed by atoms with Gasteiger partial charge in [0.05, 0.1) is 6.04 Å². The molecule has 1 heterocycles. The molecule has 0 saturated heterocycles. The number of aliphatic imine (C=N–C) groups is 1. The number of hydrogen-bond acceptors (Lipinski definition) is 2. The van der Waals surface area contributed by atoms with Crippen LogP contribution >= 0.6 is 7.92 Å². The molecule has 37 heavy (non-hydrogen) atoms. The van der Waals surface area contributed by atoms with Gasteiger partial charge in [-0.25, -0.2) is 4.99 Å². The molecule has 1 atom stereocenters. The zero-order valence-corrected chi connectivity index (χ0v) is 22.6. The van der Waals surface area contributed by atoms with Crippen LogP contribution in [-0.4, -0.2) is 18.5 Å². The maximum Gasteiger partial charge on any atom is 0.216 e. The first kappa shape index (κ1) is 24.1. The second-order valence-electron chi connectivity index (χ2n) is 10.5. The highest BCUT2D eigenvalue weighted by molar-refractivity contribution is 7.79. The molecule has 4 aliphatic carbocycles. The molecule has 4 bridgehead atoms. The summed E-state index contributed by atoms with van der Waals surface area (Å²) < 4.78 is 6.16. The molecule has 5 aliphatic rings. The summed E-state index contributed by atoms with van der Waals surface area (Å²) in [5, 5.41) is 4.31. The highest BCUT2D eigenvalue weighted by Crippen LogP contribution is 2.35. The van der Waals surface area contributed by atoms with Gasteiger partial charge in [-0.3, -0.25) is 0 Å². The largest absolute Gasteiger partial charge is 0.475 e. The van der Waals surface area contributed by atoms with Crippen LogP contribution in [0.1, 0.15) is 41.7 Å². The van der Waals surface area contributed by atoms with Crippen LogP contribution in [0.15, 0.2) is 102 Å². The molecular weight excluding hydrogens is 469 g/mol. The average Bonchev–Trinajstić information content (AvgIpc) is 3.43. The van der Waals surface area contributed by atoms with Gasteiger partial charge in [0.1, 0.15) is 6.61 Å². The van der Waals surface area contributed by atoms with Crippen molar-refractivity contribution in [3.05, 3.63) is 125 Å². The van der Waals surface area contributed by atoms with Crippen molar-refractivity contribution in [2.45, 2.75) is 45.6 Å². The SMILES string of the molecule is CC(C)[C@@H]1COC(c2cc3ccc2CCc2ccc(cc2P(c2ccccc2)c2ccccc2)CC3)=N1. The van der Waals surface area contributed by atoms with E-state index in [1.165, 1.54) is 43.7 Å². The molecular formula is C34H34NOP. The van der Waals surface area contributed by atoms with Gasteiger partial charge in [0.2, 0.25) is 5.90 Å². The first-order chi connectivity index (χ1) is 18.2. The molecule has 0 N–H and O–H groups in total. The Morgan fingerprint density at radius 3 is 1.92 bits per heavy atom. The molecule has 0 radical (unpaired) electrons. The van der Waals surface area contributed by atoms with E-state index in [4.69, 9.17) is 9.73 Å². The molecule has 1 aliphatic heterocycles. The number of hydrogen-bond donors (Lipinski definition) is 0. The summed E-state index contributed by atoms with van der Waals surface area (Å²) >= 11 is 0. The lowest BCUT2D eigenvalue weighted by Gasteiger charge is -2.24. The molecule has 0 spiro atoms. The van der Waals surface area contributed by atoms with Crippen molar-refractivity contribution < 1.29 is 4.74 Å². The van der Waals surface area contributed by atoms with E-state index < -0.39 is 7.92 Å². The Morgan fingerprint density at radius 2 is 1.30 bits per heavy atom. The van der Waals surface area contributed by atoms with Crippen molar-refractivity contribution >= 4 is 29.7 Å².